The zero-order valence-corrected chi connectivity index (χ0v) is 15.0. The van der Waals surface area contributed by atoms with Gasteiger partial charge in [0.2, 0.25) is 11.8 Å². The Morgan fingerprint density at radius 3 is 2.60 bits per heavy atom. The van der Waals surface area contributed by atoms with Gasteiger partial charge in [-0.2, -0.15) is 0 Å². The molecular formula is C20H29N3O2. The van der Waals surface area contributed by atoms with Crippen molar-refractivity contribution in [3.05, 3.63) is 35.9 Å². The zero-order chi connectivity index (χ0) is 17.6. The van der Waals surface area contributed by atoms with Gasteiger partial charge in [0.15, 0.2) is 0 Å². The third-order valence-electron chi connectivity index (χ3n) is 5.28. The normalized spacial score (nSPS) is 24.4. The fraction of sp³-hybridized carbons (Fsp3) is 0.600. The molecule has 2 amide bonds. The van der Waals surface area contributed by atoms with Crippen LogP contribution >= 0.6 is 0 Å². The predicted molar refractivity (Wildman–Crippen MR) is 98.2 cm³/mol. The summed E-state index contributed by atoms with van der Waals surface area (Å²) in [7, 11) is 0. The van der Waals surface area contributed by atoms with Crippen molar-refractivity contribution in [3.8, 4) is 0 Å². The Kier molecular flexibility index (Phi) is 6.08. The minimum absolute atomic E-state index is 0.00556. The van der Waals surface area contributed by atoms with E-state index in [2.05, 4.69) is 27.7 Å². The Bertz CT molecular complexity index is 584. The molecule has 1 aliphatic heterocycles. The van der Waals surface area contributed by atoms with Crippen molar-refractivity contribution in [2.75, 3.05) is 26.2 Å². The van der Waals surface area contributed by atoms with Gasteiger partial charge in [-0.05, 0) is 50.8 Å². The number of carbonyl (C=O) groups excluding carboxylic acids is 2. The summed E-state index contributed by atoms with van der Waals surface area (Å²) in [5.41, 5.74) is 1.21. The van der Waals surface area contributed by atoms with Crippen molar-refractivity contribution in [1.29, 1.82) is 0 Å². The third-order valence-corrected chi connectivity index (χ3v) is 5.28. The van der Waals surface area contributed by atoms with Gasteiger partial charge in [-0.25, -0.2) is 0 Å². The highest BCUT2D eigenvalue weighted by Gasteiger charge is 2.44. The number of hydrogen-bond donors (Lipinski definition) is 2. The molecule has 136 valence electrons. The summed E-state index contributed by atoms with van der Waals surface area (Å²) in [5, 5.41) is 5.81. The van der Waals surface area contributed by atoms with Crippen molar-refractivity contribution < 1.29 is 9.59 Å². The van der Waals surface area contributed by atoms with Crippen LogP contribution in [0, 0.1) is 5.92 Å². The van der Waals surface area contributed by atoms with Crippen LogP contribution in [-0.4, -0.2) is 48.9 Å². The predicted octanol–water partition coefficient (Wildman–Crippen LogP) is 1.90. The third kappa shape index (κ3) is 5.05. The van der Waals surface area contributed by atoms with E-state index in [-0.39, 0.29) is 17.7 Å². The second-order valence-corrected chi connectivity index (χ2v) is 7.28. The van der Waals surface area contributed by atoms with Gasteiger partial charge in [-0.3, -0.25) is 9.59 Å². The minimum Gasteiger partial charge on any atom is -0.353 e. The first-order valence-corrected chi connectivity index (χ1v) is 9.50. The molecule has 2 aliphatic rings. The molecule has 0 spiro atoms. The Hall–Kier alpha value is -1.88. The molecule has 5 heteroatoms. The van der Waals surface area contributed by atoms with E-state index in [1.54, 1.807) is 6.92 Å². The highest BCUT2D eigenvalue weighted by atomic mass is 16.2. The van der Waals surface area contributed by atoms with Gasteiger partial charge < -0.3 is 15.5 Å². The van der Waals surface area contributed by atoms with Crippen molar-refractivity contribution in [2.24, 2.45) is 5.92 Å². The molecule has 0 unspecified atom stereocenters. The van der Waals surface area contributed by atoms with E-state index in [9.17, 15) is 9.59 Å². The fourth-order valence-electron chi connectivity index (χ4n) is 3.61. The molecule has 3 atom stereocenters. The Balaban J connectivity index is 1.36. The number of nitrogens with one attached hydrogen (secondary N) is 2. The summed E-state index contributed by atoms with van der Waals surface area (Å²) in [6.45, 7) is 5.56. The average Bonchev–Trinajstić information content (AvgIpc) is 3.44. The first-order valence-electron chi connectivity index (χ1n) is 9.50. The Labute approximate surface area is 150 Å². The minimum atomic E-state index is -0.481. The highest BCUT2D eigenvalue weighted by Crippen LogP contribution is 2.47. The van der Waals surface area contributed by atoms with Crippen LogP contribution in [0.25, 0.3) is 0 Å². The fourth-order valence-corrected chi connectivity index (χ4v) is 3.61. The molecule has 2 N–H and O–H groups in total. The molecule has 1 aromatic rings. The molecular weight excluding hydrogens is 314 g/mol. The van der Waals surface area contributed by atoms with E-state index >= 15 is 0 Å². The maximum absolute atomic E-state index is 12.3. The SMILES string of the molecule is C[C@@H](NC(=O)[C@H]1C[C@@H]1c1ccccc1)C(=O)NCCN1CCCCC1. The number of nitrogens with zero attached hydrogens (tertiary/aromatic N) is 1. The van der Waals surface area contributed by atoms with Crippen LogP contribution in [0.2, 0.25) is 0 Å². The second kappa shape index (κ2) is 8.48. The van der Waals surface area contributed by atoms with Gasteiger partial charge in [0.05, 0.1) is 0 Å². The van der Waals surface area contributed by atoms with E-state index in [4.69, 9.17) is 0 Å². The van der Waals surface area contributed by atoms with Crippen LogP contribution in [0.4, 0.5) is 0 Å². The lowest BCUT2D eigenvalue weighted by Crippen LogP contribution is -2.47. The molecule has 3 rings (SSSR count). The van der Waals surface area contributed by atoms with Crippen molar-refractivity contribution in [3.63, 3.8) is 0 Å². The molecule has 2 fully saturated rings. The zero-order valence-electron chi connectivity index (χ0n) is 15.0. The smallest absolute Gasteiger partial charge is 0.242 e. The second-order valence-electron chi connectivity index (χ2n) is 7.28. The molecule has 0 aromatic heterocycles. The molecule has 1 saturated carbocycles. The number of likely N-dealkylation sites (tertiary alicyclic amines) is 1. The first kappa shape index (κ1) is 17.9. The molecule has 1 saturated heterocycles. The molecule has 0 bridgehead atoms. The topological polar surface area (TPSA) is 61.4 Å². The standard InChI is InChI=1S/C20H29N3O2/c1-15(19(24)21-10-13-23-11-6-3-7-12-23)22-20(25)18-14-17(18)16-8-4-2-5-9-16/h2,4-5,8-9,15,17-18H,3,6-7,10-14H2,1H3,(H,21,24)(H,22,25)/t15-,17-,18+/m1/s1. The van der Waals surface area contributed by atoms with E-state index in [1.165, 1.54) is 24.8 Å². The van der Waals surface area contributed by atoms with Crippen molar-refractivity contribution in [2.45, 2.75) is 44.6 Å². The first-order chi connectivity index (χ1) is 12.1. The molecule has 0 radical (unpaired) electrons. The van der Waals surface area contributed by atoms with Crippen molar-refractivity contribution >= 4 is 11.8 Å². The molecule has 1 heterocycles. The van der Waals surface area contributed by atoms with Gasteiger partial charge >= 0.3 is 0 Å². The summed E-state index contributed by atoms with van der Waals surface area (Å²) in [6.07, 6.45) is 4.70. The summed E-state index contributed by atoms with van der Waals surface area (Å²) in [5.74, 6) is 0.205. The lowest BCUT2D eigenvalue weighted by atomic mass is 10.1. The van der Waals surface area contributed by atoms with Crippen LogP contribution in [0.1, 0.15) is 44.1 Å². The number of carbonyl (C=O) groups is 2. The molecule has 25 heavy (non-hydrogen) atoms. The van der Waals surface area contributed by atoms with Crippen molar-refractivity contribution in [1.82, 2.24) is 15.5 Å². The number of benzene rings is 1. The highest BCUT2D eigenvalue weighted by molar-refractivity contribution is 5.89. The lowest BCUT2D eigenvalue weighted by Gasteiger charge is -2.26. The Morgan fingerprint density at radius 2 is 1.88 bits per heavy atom. The van der Waals surface area contributed by atoms with Gasteiger partial charge in [0.1, 0.15) is 6.04 Å². The van der Waals surface area contributed by atoms with Crippen LogP contribution in [-0.2, 0) is 9.59 Å². The lowest BCUT2D eigenvalue weighted by molar-refractivity contribution is -0.129. The summed E-state index contributed by atoms with van der Waals surface area (Å²) >= 11 is 0. The number of hydrogen-bond acceptors (Lipinski definition) is 3. The van der Waals surface area contributed by atoms with Gasteiger partial charge in [-0.1, -0.05) is 36.8 Å². The maximum Gasteiger partial charge on any atom is 0.242 e. The number of amides is 2. The number of piperidine rings is 1. The van der Waals surface area contributed by atoms with E-state index in [0.717, 1.165) is 26.1 Å². The Morgan fingerprint density at radius 1 is 1.16 bits per heavy atom. The molecule has 1 aliphatic carbocycles. The van der Waals surface area contributed by atoms with E-state index in [1.807, 2.05) is 18.2 Å². The molecule has 1 aromatic carbocycles. The van der Waals surface area contributed by atoms with Crippen LogP contribution in [0.15, 0.2) is 30.3 Å². The monoisotopic (exact) mass is 343 g/mol. The van der Waals surface area contributed by atoms with Crippen LogP contribution < -0.4 is 10.6 Å². The summed E-state index contributed by atoms with van der Waals surface area (Å²) in [6, 6.07) is 9.63. The summed E-state index contributed by atoms with van der Waals surface area (Å²) < 4.78 is 0. The van der Waals surface area contributed by atoms with E-state index in [0.29, 0.717) is 12.5 Å². The van der Waals surface area contributed by atoms with Gasteiger partial charge in [0, 0.05) is 19.0 Å². The summed E-state index contributed by atoms with van der Waals surface area (Å²) in [4.78, 5) is 26.9. The average molecular weight is 343 g/mol. The molecule has 5 nitrogen and oxygen atoms in total. The van der Waals surface area contributed by atoms with Crippen LogP contribution in [0.3, 0.4) is 0 Å². The number of rotatable bonds is 7. The quantitative estimate of drug-likeness (QED) is 0.795. The maximum atomic E-state index is 12.3. The van der Waals surface area contributed by atoms with E-state index < -0.39 is 6.04 Å². The van der Waals surface area contributed by atoms with Crippen LogP contribution in [0.5, 0.6) is 0 Å². The van der Waals surface area contributed by atoms with Gasteiger partial charge in [-0.15, -0.1) is 0 Å². The largest absolute Gasteiger partial charge is 0.353 e. The van der Waals surface area contributed by atoms with Gasteiger partial charge in [0.25, 0.3) is 0 Å².